The number of methoxy groups -OCH3 is 4. The van der Waals surface area contributed by atoms with Crippen LogP contribution in [0.15, 0.2) is 32.9 Å². The van der Waals surface area contributed by atoms with Crippen LogP contribution in [0.25, 0.3) is 20.4 Å². The topological polar surface area (TPSA) is 62.7 Å². The molecule has 0 atom stereocenters. The molecule has 4 aromatic rings. The van der Waals surface area contributed by atoms with Gasteiger partial charge < -0.3 is 18.9 Å². The van der Waals surface area contributed by atoms with E-state index < -0.39 is 0 Å². The molecule has 0 N–H and O–H groups in total. The summed E-state index contributed by atoms with van der Waals surface area (Å²) in [5.74, 6) is 2.67. The van der Waals surface area contributed by atoms with Gasteiger partial charge in [0.15, 0.2) is 31.7 Å². The Hall–Kier alpha value is -1.88. The number of hydrogen-bond donors (Lipinski definition) is 0. The van der Waals surface area contributed by atoms with Gasteiger partial charge in [-0.1, -0.05) is 0 Å². The van der Waals surface area contributed by atoms with Gasteiger partial charge in [-0.2, -0.15) is 0 Å². The normalized spacial score (nSPS) is 11.1. The second kappa shape index (κ2) is 8.24. The Balaban J connectivity index is 1.61. The van der Waals surface area contributed by atoms with E-state index in [4.69, 9.17) is 28.9 Å². The number of benzene rings is 2. The van der Waals surface area contributed by atoms with Gasteiger partial charge in [0.25, 0.3) is 0 Å². The van der Waals surface area contributed by atoms with Crippen molar-refractivity contribution in [3.05, 3.63) is 24.3 Å². The zero-order valence-electron chi connectivity index (χ0n) is 15.5. The lowest BCUT2D eigenvalue weighted by molar-refractivity contribution is 0.358. The maximum Gasteiger partial charge on any atom is 0.188 e. The van der Waals surface area contributed by atoms with Crippen LogP contribution in [0.4, 0.5) is 0 Å². The lowest BCUT2D eigenvalue weighted by Gasteiger charge is -2.06. The number of nitrogens with zero attached hydrogens (tertiary/aromatic N) is 2. The second-order valence-corrected chi connectivity index (χ2v) is 10.1. The third-order valence-electron chi connectivity index (χ3n) is 3.95. The Labute approximate surface area is 177 Å². The fraction of sp³-hybridized carbons (Fsp3) is 0.222. The van der Waals surface area contributed by atoms with E-state index in [0.29, 0.717) is 23.0 Å². The van der Waals surface area contributed by atoms with Crippen LogP contribution < -0.4 is 18.9 Å². The molecule has 2 aromatic heterocycles. The molecule has 28 heavy (non-hydrogen) atoms. The van der Waals surface area contributed by atoms with E-state index in [1.165, 1.54) is 0 Å². The predicted octanol–water partition coefficient (Wildman–Crippen LogP) is 5.74. The van der Waals surface area contributed by atoms with Gasteiger partial charge in [-0.15, -0.1) is 22.7 Å². The summed E-state index contributed by atoms with van der Waals surface area (Å²) in [4.78, 5) is 9.42. The Kier molecular flexibility index (Phi) is 5.72. The van der Waals surface area contributed by atoms with Crippen LogP contribution in [0.2, 0.25) is 0 Å². The van der Waals surface area contributed by atoms with Crippen molar-refractivity contribution in [3.63, 3.8) is 0 Å². The van der Waals surface area contributed by atoms with Crippen LogP contribution in [0.3, 0.4) is 0 Å². The summed E-state index contributed by atoms with van der Waals surface area (Å²) < 4.78 is 25.6. The van der Waals surface area contributed by atoms with Crippen molar-refractivity contribution in [2.24, 2.45) is 0 Å². The first-order valence-corrected chi connectivity index (χ1v) is 11.8. The third kappa shape index (κ3) is 3.45. The molecule has 0 amide bonds. The Bertz CT molecular complexity index is 1050. The molecule has 10 heteroatoms. The number of ether oxygens (including phenoxy) is 4. The van der Waals surface area contributed by atoms with E-state index in [-0.39, 0.29) is 0 Å². The van der Waals surface area contributed by atoms with Gasteiger partial charge in [-0.3, -0.25) is 0 Å². The van der Waals surface area contributed by atoms with Gasteiger partial charge in [0.2, 0.25) is 0 Å². The van der Waals surface area contributed by atoms with Gasteiger partial charge in [-0.25, -0.2) is 9.97 Å². The molecule has 2 heterocycles. The first-order chi connectivity index (χ1) is 13.7. The summed E-state index contributed by atoms with van der Waals surface area (Å²) >= 11 is 3.23. The number of thiazole rings is 2. The zero-order chi connectivity index (χ0) is 19.7. The highest BCUT2D eigenvalue weighted by Crippen LogP contribution is 2.47. The molecule has 0 aliphatic heterocycles. The highest BCUT2D eigenvalue weighted by Gasteiger charge is 2.17. The minimum Gasteiger partial charge on any atom is -0.493 e. The maximum absolute atomic E-state index is 5.48. The quantitative estimate of drug-likeness (QED) is 0.329. The molecular formula is C18H16N2O4S4. The summed E-state index contributed by atoms with van der Waals surface area (Å²) in [6.45, 7) is 0. The zero-order valence-corrected chi connectivity index (χ0v) is 18.7. The third-order valence-corrected chi connectivity index (χ3v) is 8.96. The molecule has 0 spiro atoms. The second-order valence-electron chi connectivity index (χ2n) is 5.42. The lowest BCUT2D eigenvalue weighted by atomic mass is 10.3. The van der Waals surface area contributed by atoms with Gasteiger partial charge in [0.05, 0.1) is 37.8 Å². The summed E-state index contributed by atoms with van der Waals surface area (Å²) in [6, 6.07) is 7.79. The predicted molar refractivity (Wildman–Crippen MR) is 117 cm³/mol. The van der Waals surface area contributed by atoms with Crippen molar-refractivity contribution in [3.8, 4) is 23.0 Å². The highest BCUT2D eigenvalue weighted by molar-refractivity contribution is 8.77. The minimum absolute atomic E-state index is 0.657. The molecule has 6 nitrogen and oxygen atoms in total. The van der Waals surface area contributed by atoms with Gasteiger partial charge in [0.1, 0.15) is 11.0 Å². The molecule has 146 valence electrons. The standard InChI is InChI=1S/C18H16N2O4S4/c1-21-9-5-7-11-13(15(9)23-3)19-17(25-11)27-28-18-20-14-12(26-18)8-6-10(22-2)16(14)24-4/h5-8H,1-4H3. The summed E-state index contributed by atoms with van der Waals surface area (Å²) in [6.07, 6.45) is 0. The molecule has 0 fully saturated rings. The fourth-order valence-corrected chi connectivity index (χ4v) is 7.20. The van der Waals surface area contributed by atoms with Crippen molar-refractivity contribution in [2.75, 3.05) is 28.4 Å². The first kappa shape index (κ1) is 19.4. The molecule has 0 radical (unpaired) electrons. The van der Waals surface area contributed by atoms with Gasteiger partial charge in [0, 0.05) is 0 Å². The van der Waals surface area contributed by atoms with Gasteiger partial charge in [-0.05, 0) is 45.9 Å². The van der Waals surface area contributed by atoms with E-state index in [9.17, 15) is 0 Å². The van der Waals surface area contributed by atoms with E-state index in [2.05, 4.69) is 0 Å². The van der Waals surface area contributed by atoms with Crippen molar-refractivity contribution in [1.82, 2.24) is 9.97 Å². The average Bonchev–Trinajstić information content (AvgIpc) is 3.33. The lowest BCUT2D eigenvalue weighted by Crippen LogP contribution is -1.90. The maximum atomic E-state index is 5.48. The Morgan fingerprint density at radius 3 is 1.43 bits per heavy atom. The van der Waals surface area contributed by atoms with E-state index >= 15 is 0 Å². The van der Waals surface area contributed by atoms with Crippen LogP contribution in [0, 0.1) is 0 Å². The average molecular weight is 453 g/mol. The number of rotatable bonds is 7. The first-order valence-electron chi connectivity index (χ1n) is 8.06. The summed E-state index contributed by atoms with van der Waals surface area (Å²) in [5, 5.41) is 0. The Morgan fingerprint density at radius 2 is 1.07 bits per heavy atom. The van der Waals surface area contributed by atoms with Crippen LogP contribution in [0.5, 0.6) is 23.0 Å². The molecule has 0 unspecified atom stereocenters. The molecule has 2 aromatic carbocycles. The molecule has 0 bridgehead atoms. The van der Waals surface area contributed by atoms with Crippen LogP contribution in [-0.4, -0.2) is 38.4 Å². The number of fused-ring (bicyclic) bond motifs is 2. The monoisotopic (exact) mass is 452 g/mol. The van der Waals surface area contributed by atoms with Gasteiger partial charge >= 0.3 is 0 Å². The van der Waals surface area contributed by atoms with Crippen molar-refractivity contribution in [2.45, 2.75) is 8.68 Å². The number of hydrogen-bond acceptors (Lipinski definition) is 10. The van der Waals surface area contributed by atoms with Crippen LogP contribution >= 0.6 is 44.3 Å². The number of aromatic nitrogens is 2. The van der Waals surface area contributed by atoms with Crippen molar-refractivity contribution >= 4 is 64.7 Å². The molecule has 0 saturated heterocycles. The Morgan fingerprint density at radius 1 is 0.643 bits per heavy atom. The largest absolute Gasteiger partial charge is 0.493 e. The van der Waals surface area contributed by atoms with E-state index in [1.807, 2.05) is 24.3 Å². The molecule has 0 saturated carbocycles. The SMILES string of the molecule is COc1ccc2sc(SSc3nc4c(OC)c(OC)ccc4s3)nc2c1OC. The van der Waals surface area contributed by atoms with Crippen LogP contribution in [0.1, 0.15) is 0 Å². The fourth-order valence-electron chi connectivity index (χ4n) is 2.72. The van der Waals surface area contributed by atoms with Crippen molar-refractivity contribution in [1.29, 1.82) is 0 Å². The summed E-state index contributed by atoms with van der Waals surface area (Å²) in [5.41, 5.74) is 1.62. The van der Waals surface area contributed by atoms with Crippen LogP contribution in [-0.2, 0) is 0 Å². The minimum atomic E-state index is 0.657. The smallest absolute Gasteiger partial charge is 0.188 e. The molecule has 4 rings (SSSR count). The van der Waals surface area contributed by atoms with E-state index in [0.717, 1.165) is 29.1 Å². The summed E-state index contributed by atoms with van der Waals surface area (Å²) in [7, 11) is 9.65. The molecule has 0 aliphatic carbocycles. The molecule has 0 aliphatic rings. The molecular weight excluding hydrogens is 436 g/mol. The highest BCUT2D eigenvalue weighted by atomic mass is 33.1. The van der Waals surface area contributed by atoms with E-state index in [1.54, 1.807) is 72.7 Å². The van der Waals surface area contributed by atoms with Crippen molar-refractivity contribution < 1.29 is 18.9 Å².